The van der Waals surface area contributed by atoms with E-state index in [1.165, 1.54) is 11.1 Å². The Balaban J connectivity index is 2.32. The molecule has 0 aliphatic rings. The lowest BCUT2D eigenvalue weighted by molar-refractivity contribution is 0.432. The van der Waals surface area contributed by atoms with E-state index in [4.69, 9.17) is 0 Å². The molecule has 2 aromatic carbocycles. The molecule has 0 radical (unpaired) electrons. The molecule has 2 N–H and O–H groups in total. The van der Waals surface area contributed by atoms with Crippen molar-refractivity contribution in [3.8, 4) is 11.5 Å². The van der Waals surface area contributed by atoms with E-state index in [0.29, 0.717) is 11.7 Å². The van der Waals surface area contributed by atoms with Gasteiger partial charge < -0.3 is 10.2 Å². The lowest BCUT2D eigenvalue weighted by Crippen LogP contribution is -2.24. The van der Waals surface area contributed by atoms with Gasteiger partial charge in [-0.2, -0.15) is 0 Å². The Morgan fingerprint density at radius 3 is 1.68 bits per heavy atom. The minimum Gasteiger partial charge on any atom is -0.508 e. The lowest BCUT2D eigenvalue weighted by atomic mass is 9.71. The fourth-order valence-electron chi connectivity index (χ4n) is 2.32. The Morgan fingerprint density at radius 1 is 0.789 bits per heavy atom. The highest BCUT2D eigenvalue weighted by Gasteiger charge is 2.29. The normalized spacial score (nSPS) is 13.2. The molecule has 0 aliphatic heterocycles. The summed E-state index contributed by atoms with van der Waals surface area (Å²) in [6.07, 6.45) is 0. The van der Waals surface area contributed by atoms with E-state index in [9.17, 15) is 10.2 Å². The second kappa shape index (κ2) is 4.96. The molecule has 0 bridgehead atoms. The molecule has 19 heavy (non-hydrogen) atoms. The predicted molar refractivity (Wildman–Crippen MR) is 77.7 cm³/mol. The van der Waals surface area contributed by atoms with E-state index in [0.717, 1.165) is 0 Å². The zero-order chi connectivity index (χ0) is 14.0. The smallest absolute Gasteiger partial charge is 0.115 e. The van der Waals surface area contributed by atoms with Gasteiger partial charge in [-0.3, -0.25) is 0 Å². The van der Waals surface area contributed by atoms with Gasteiger partial charge in [0.25, 0.3) is 0 Å². The first kappa shape index (κ1) is 13.5. The maximum Gasteiger partial charge on any atom is 0.115 e. The maximum absolute atomic E-state index is 9.38. The molecule has 0 spiro atoms. The van der Waals surface area contributed by atoms with Gasteiger partial charge in [-0.15, -0.1) is 0 Å². The maximum atomic E-state index is 9.38. The highest BCUT2D eigenvalue weighted by atomic mass is 16.3. The molecule has 100 valence electrons. The number of aromatic hydroxyl groups is 2. The van der Waals surface area contributed by atoms with Crippen LogP contribution in [0.5, 0.6) is 11.5 Å². The first-order valence-corrected chi connectivity index (χ1v) is 6.49. The third-order valence-corrected chi connectivity index (χ3v) is 4.09. The van der Waals surface area contributed by atoms with Gasteiger partial charge in [-0.25, -0.2) is 0 Å². The molecule has 0 fully saturated rings. The molecule has 2 rings (SSSR count). The quantitative estimate of drug-likeness (QED) is 0.865. The number of benzene rings is 2. The van der Waals surface area contributed by atoms with Crippen molar-refractivity contribution in [3.63, 3.8) is 0 Å². The van der Waals surface area contributed by atoms with Crippen LogP contribution >= 0.6 is 0 Å². The Labute approximate surface area is 114 Å². The summed E-state index contributed by atoms with van der Waals surface area (Å²) in [4.78, 5) is 0. The summed E-state index contributed by atoms with van der Waals surface area (Å²) in [5.41, 5.74) is 2.33. The summed E-state index contributed by atoms with van der Waals surface area (Å²) < 4.78 is 0. The second-order valence-electron chi connectivity index (χ2n) is 5.58. The zero-order valence-corrected chi connectivity index (χ0v) is 11.6. The Hall–Kier alpha value is -1.96. The highest BCUT2D eigenvalue weighted by molar-refractivity contribution is 5.36. The topological polar surface area (TPSA) is 40.5 Å². The van der Waals surface area contributed by atoms with Crippen LogP contribution in [0.4, 0.5) is 0 Å². The lowest BCUT2D eigenvalue weighted by Gasteiger charge is -2.33. The molecule has 0 saturated carbocycles. The molecule has 1 atom stereocenters. The summed E-state index contributed by atoms with van der Waals surface area (Å²) in [5, 5.41) is 18.7. The molecule has 2 nitrogen and oxygen atoms in total. The Kier molecular flexibility index (Phi) is 3.52. The van der Waals surface area contributed by atoms with Crippen LogP contribution in [0.25, 0.3) is 0 Å². The summed E-state index contributed by atoms with van der Waals surface area (Å²) in [5.74, 6) is 0.882. The van der Waals surface area contributed by atoms with Gasteiger partial charge in [-0.1, -0.05) is 45.0 Å². The largest absolute Gasteiger partial charge is 0.508 e. The van der Waals surface area contributed by atoms with Crippen molar-refractivity contribution in [1.29, 1.82) is 0 Å². The molecule has 0 aliphatic carbocycles. The van der Waals surface area contributed by atoms with Crippen molar-refractivity contribution < 1.29 is 10.2 Å². The van der Waals surface area contributed by atoms with Crippen molar-refractivity contribution in [2.24, 2.45) is 0 Å². The first-order valence-electron chi connectivity index (χ1n) is 6.49. The first-order chi connectivity index (χ1) is 8.91. The molecule has 0 heterocycles. The van der Waals surface area contributed by atoms with Crippen LogP contribution in [0, 0.1) is 0 Å². The molecule has 2 aromatic rings. The zero-order valence-electron chi connectivity index (χ0n) is 11.6. The van der Waals surface area contributed by atoms with Crippen LogP contribution in [0.1, 0.15) is 37.8 Å². The third-order valence-electron chi connectivity index (χ3n) is 4.09. The SMILES string of the molecule is CC(c1ccc(O)cc1)C(C)(C)c1ccc(O)cc1. The van der Waals surface area contributed by atoms with Crippen LogP contribution < -0.4 is 0 Å². The van der Waals surface area contributed by atoms with Crippen molar-refractivity contribution in [3.05, 3.63) is 59.7 Å². The van der Waals surface area contributed by atoms with E-state index in [1.54, 1.807) is 24.3 Å². The minimum atomic E-state index is -0.0509. The monoisotopic (exact) mass is 256 g/mol. The van der Waals surface area contributed by atoms with E-state index in [1.807, 2.05) is 24.3 Å². The molecule has 2 heteroatoms. The third kappa shape index (κ3) is 2.73. The Morgan fingerprint density at radius 2 is 1.21 bits per heavy atom. The second-order valence-corrected chi connectivity index (χ2v) is 5.58. The fraction of sp³-hybridized carbons (Fsp3) is 0.294. The van der Waals surface area contributed by atoms with Crippen molar-refractivity contribution >= 4 is 0 Å². The number of rotatable bonds is 3. The van der Waals surface area contributed by atoms with Gasteiger partial charge in [0.15, 0.2) is 0 Å². The molecule has 0 amide bonds. The minimum absolute atomic E-state index is 0.0509. The summed E-state index contributed by atoms with van der Waals surface area (Å²) >= 11 is 0. The van der Waals surface area contributed by atoms with Crippen molar-refractivity contribution in [1.82, 2.24) is 0 Å². The van der Waals surface area contributed by atoms with Crippen molar-refractivity contribution in [2.75, 3.05) is 0 Å². The van der Waals surface area contributed by atoms with E-state index < -0.39 is 0 Å². The average Bonchev–Trinajstić information content (AvgIpc) is 2.39. The number of phenolic OH excluding ortho intramolecular Hbond substituents is 2. The molecular formula is C17H20O2. The number of phenols is 2. The summed E-state index contributed by atoms with van der Waals surface area (Å²) in [6.45, 7) is 6.56. The van der Waals surface area contributed by atoms with Crippen LogP contribution in [-0.4, -0.2) is 10.2 Å². The average molecular weight is 256 g/mol. The van der Waals surface area contributed by atoms with E-state index >= 15 is 0 Å². The van der Waals surface area contributed by atoms with Crippen LogP contribution in [0.3, 0.4) is 0 Å². The van der Waals surface area contributed by atoms with Crippen LogP contribution in [0.2, 0.25) is 0 Å². The summed E-state index contributed by atoms with van der Waals surface area (Å²) in [7, 11) is 0. The molecule has 0 aromatic heterocycles. The van der Waals surface area contributed by atoms with Gasteiger partial charge in [0.1, 0.15) is 11.5 Å². The van der Waals surface area contributed by atoms with E-state index in [2.05, 4.69) is 20.8 Å². The van der Waals surface area contributed by atoms with Gasteiger partial charge in [0, 0.05) is 0 Å². The van der Waals surface area contributed by atoms with Crippen molar-refractivity contribution in [2.45, 2.75) is 32.1 Å². The fourth-order valence-corrected chi connectivity index (χ4v) is 2.32. The van der Waals surface area contributed by atoms with Gasteiger partial charge in [-0.05, 0) is 46.7 Å². The van der Waals surface area contributed by atoms with Gasteiger partial charge in [0.05, 0.1) is 0 Å². The highest BCUT2D eigenvalue weighted by Crippen LogP contribution is 2.39. The Bertz CT molecular complexity index is 538. The van der Waals surface area contributed by atoms with Crippen LogP contribution in [-0.2, 0) is 5.41 Å². The molecule has 1 unspecified atom stereocenters. The van der Waals surface area contributed by atoms with E-state index in [-0.39, 0.29) is 11.2 Å². The number of hydrogen-bond donors (Lipinski definition) is 2. The van der Waals surface area contributed by atoms with Crippen LogP contribution in [0.15, 0.2) is 48.5 Å². The summed E-state index contributed by atoms with van der Waals surface area (Å²) in [6, 6.07) is 14.7. The molecular weight excluding hydrogens is 236 g/mol. The standard InChI is InChI=1S/C17H20O2/c1-12(13-4-8-15(18)9-5-13)17(2,3)14-6-10-16(19)11-7-14/h4-12,18-19H,1-3H3. The van der Waals surface area contributed by atoms with Gasteiger partial charge in [0.2, 0.25) is 0 Å². The number of hydrogen-bond acceptors (Lipinski definition) is 2. The van der Waals surface area contributed by atoms with Gasteiger partial charge >= 0.3 is 0 Å². The molecule has 0 saturated heterocycles. The predicted octanol–water partition coefficient (Wildman–Crippen LogP) is 4.18.